The minimum atomic E-state index is -5.62. The lowest BCUT2D eigenvalue weighted by atomic mass is 10.3. The van der Waals surface area contributed by atoms with Gasteiger partial charge in [0.1, 0.15) is 0 Å². The van der Waals surface area contributed by atoms with E-state index in [9.17, 15) is 30.2 Å². The molecule has 0 radical (unpaired) electrons. The predicted octanol–water partition coefficient (Wildman–Crippen LogP) is 2.99. The largest absolute Gasteiger partial charge is 0.461 e. The summed E-state index contributed by atoms with van der Waals surface area (Å²) in [6.45, 7) is 0.921. The van der Waals surface area contributed by atoms with Crippen molar-refractivity contribution >= 4 is 13.9 Å². The summed E-state index contributed by atoms with van der Waals surface area (Å²) in [5, 5.41) is -1.95. The van der Waals surface area contributed by atoms with Crippen molar-refractivity contribution in [2.24, 2.45) is 0 Å². The van der Waals surface area contributed by atoms with Crippen molar-refractivity contribution < 1.29 is 30.2 Å². The van der Waals surface area contributed by atoms with Crippen LogP contribution in [0.1, 0.15) is 6.92 Å². The van der Waals surface area contributed by atoms with Gasteiger partial charge in [0.25, 0.3) is 0 Å². The van der Waals surface area contributed by atoms with Crippen LogP contribution in [-0.4, -0.2) is 8.74 Å². The van der Waals surface area contributed by atoms with Crippen molar-refractivity contribution in [2.75, 3.05) is 0 Å². The Morgan fingerprint density at radius 3 is 1.38 bits per heavy atom. The second-order valence-electron chi connectivity index (χ2n) is 3.00. The Morgan fingerprint density at radius 1 is 0.750 bits per heavy atom. The summed E-state index contributed by atoms with van der Waals surface area (Å²) >= 11 is 0. The summed E-state index contributed by atoms with van der Waals surface area (Å²) in [6, 6.07) is -0.939. The summed E-state index contributed by atoms with van der Waals surface area (Å²) in [5.41, 5.74) is 0. The van der Waals surface area contributed by atoms with E-state index in [-0.39, 0.29) is 0 Å². The minimum absolute atomic E-state index is 0.921. The van der Waals surface area contributed by atoms with E-state index >= 15 is 0 Å². The van der Waals surface area contributed by atoms with Crippen LogP contribution in [0.25, 0.3) is 0 Å². The fraction of sp³-hybridized carbons (Fsp3) is 0.250. The van der Waals surface area contributed by atoms with E-state index < -0.39 is 49.1 Å². The second-order valence-corrected chi connectivity index (χ2v) is 5.62. The topological polar surface area (TPSA) is 0 Å². The van der Waals surface area contributed by atoms with Gasteiger partial charge in [0.2, 0.25) is 5.82 Å². The van der Waals surface area contributed by atoms with Crippen molar-refractivity contribution in [3.8, 4) is 0 Å². The van der Waals surface area contributed by atoms with Gasteiger partial charge in [0.15, 0.2) is 23.3 Å². The maximum atomic E-state index is 13.1. The maximum Gasteiger partial charge on any atom is 0.461 e. The van der Waals surface area contributed by atoms with Crippen LogP contribution in [0.3, 0.4) is 0 Å². The van der Waals surface area contributed by atoms with Crippen molar-refractivity contribution in [1.29, 1.82) is 0 Å². The van der Waals surface area contributed by atoms with E-state index in [0.29, 0.717) is 0 Å². The Kier molecular flexibility index (Phi) is 3.32. The van der Waals surface area contributed by atoms with E-state index in [4.69, 9.17) is 0 Å². The number of benzene rings is 1. The highest BCUT2D eigenvalue weighted by Gasteiger charge is 2.45. The molecule has 0 nitrogen and oxygen atoms in total. The number of hydrogen-bond acceptors (Lipinski definition) is 0. The first kappa shape index (κ1) is 13.0. The molecule has 0 amide bonds. The van der Waals surface area contributed by atoms with Crippen LogP contribution in [0.15, 0.2) is 0 Å². The van der Waals surface area contributed by atoms with Crippen LogP contribution < -0.4 is 5.19 Å². The van der Waals surface area contributed by atoms with Gasteiger partial charge in [-0.1, -0.05) is 6.92 Å². The lowest BCUT2D eigenvalue weighted by Gasteiger charge is -2.14. The van der Waals surface area contributed by atoms with Gasteiger partial charge >= 0.3 is 8.74 Å². The van der Waals surface area contributed by atoms with Crippen LogP contribution in [-0.2, 0) is 0 Å². The van der Waals surface area contributed by atoms with Crippen LogP contribution in [0, 0.1) is 29.1 Å². The molecular formula is C8H5F7Si. The molecule has 8 heteroatoms. The zero-order valence-corrected chi connectivity index (χ0v) is 8.85. The third kappa shape index (κ3) is 1.81. The summed E-state index contributed by atoms with van der Waals surface area (Å²) in [7, 11) is -5.62. The average Bonchev–Trinajstić information content (AvgIpc) is 2.23. The highest BCUT2D eigenvalue weighted by atomic mass is 28.4. The molecule has 90 valence electrons. The van der Waals surface area contributed by atoms with Gasteiger partial charge in [0.05, 0.1) is 5.19 Å². The fourth-order valence-electron chi connectivity index (χ4n) is 1.10. The SMILES string of the molecule is CC[Si](F)(F)c1c(F)c(F)c(F)c(F)c1F. The van der Waals surface area contributed by atoms with Gasteiger partial charge in [-0.2, -0.15) is 0 Å². The van der Waals surface area contributed by atoms with Gasteiger partial charge in [-0.25, -0.2) is 22.0 Å². The van der Waals surface area contributed by atoms with Crippen LogP contribution in [0.2, 0.25) is 6.04 Å². The van der Waals surface area contributed by atoms with Gasteiger partial charge < -0.3 is 0 Å². The van der Waals surface area contributed by atoms with Crippen LogP contribution in [0.5, 0.6) is 0 Å². The quantitative estimate of drug-likeness (QED) is 0.253. The molecule has 1 aromatic carbocycles. The first-order chi connectivity index (χ1) is 7.24. The molecule has 0 aromatic heterocycles. The molecule has 0 atom stereocenters. The maximum absolute atomic E-state index is 13.1. The molecule has 0 spiro atoms. The zero-order chi connectivity index (χ0) is 12.7. The molecular weight excluding hydrogens is 257 g/mol. The smallest absolute Gasteiger partial charge is 0.264 e. The van der Waals surface area contributed by atoms with E-state index in [1.165, 1.54) is 0 Å². The molecule has 0 saturated heterocycles. The van der Waals surface area contributed by atoms with Crippen molar-refractivity contribution in [2.45, 2.75) is 13.0 Å². The second kappa shape index (κ2) is 4.08. The van der Waals surface area contributed by atoms with Gasteiger partial charge in [0, 0.05) is 0 Å². The van der Waals surface area contributed by atoms with Gasteiger partial charge in [-0.15, -0.1) is 0 Å². The Hall–Kier alpha value is -1.05. The molecule has 1 aromatic rings. The molecule has 0 N–H and O–H groups in total. The lowest BCUT2D eigenvalue weighted by Crippen LogP contribution is -2.44. The Labute approximate surface area is 87.0 Å². The molecule has 0 saturated carbocycles. The standard InChI is InChI=1S/C8H5F7Si/c1-2-16(14,15)8-6(12)4(10)3(9)5(11)7(8)13/h2H2,1H3. The Bertz CT molecular complexity index is 400. The minimum Gasteiger partial charge on any atom is -0.264 e. The zero-order valence-electron chi connectivity index (χ0n) is 7.85. The third-order valence-electron chi connectivity index (χ3n) is 2.02. The summed E-state index contributed by atoms with van der Waals surface area (Å²) in [4.78, 5) is 0. The Morgan fingerprint density at radius 2 is 1.06 bits per heavy atom. The van der Waals surface area contributed by atoms with Crippen molar-refractivity contribution in [3.63, 3.8) is 0 Å². The highest BCUT2D eigenvalue weighted by molar-refractivity contribution is 6.80. The lowest BCUT2D eigenvalue weighted by molar-refractivity contribution is 0.381. The Balaban J connectivity index is 3.65. The van der Waals surface area contributed by atoms with Crippen LogP contribution >= 0.6 is 0 Å². The van der Waals surface area contributed by atoms with E-state index in [2.05, 4.69) is 0 Å². The predicted molar refractivity (Wildman–Crippen MR) is 44.3 cm³/mol. The molecule has 0 aliphatic rings. The first-order valence-corrected chi connectivity index (χ1v) is 6.10. The van der Waals surface area contributed by atoms with Crippen molar-refractivity contribution in [1.82, 2.24) is 0 Å². The van der Waals surface area contributed by atoms with Gasteiger partial charge in [-0.05, 0) is 6.04 Å². The number of hydrogen-bond donors (Lipinski definition) is 0. The molecule has 0 fully saturated rings. The normalized spacial score (nSPS) is 12.0. The van der Waals surface area contributed by atoms with E-state index in [1.54, 1.807) is 0 Å². The first-order valence-electron chi connectivity index (χ1n) is 4.13. The molecule has 16 heavy (non-hydrogen) atoms. The van der Waals surface area contributed by atoms with Gasteiger partial charge in [-0.3, -0.25) is 8.22 Å². The summed E-state index contributed by atoms with van der Waals surface area (Å²) < 4.78 is 89.8. The number of halogens is 7. The molecule has 0 aliphatic heterocycles. The fourth-order valence-corrected chi connectivity index (χ4v) is 2.32. The summed E-state index contributed by atoms with van der Waals surface area (Å²) in [5.74, 6) is -12.0. The highest BCUT2D eigenvalue weighted by Crippen LogP contribution is 2.22. The summed E-state index contributed by atoms with van der Waals surface area (Å²) in [6.07, 6.45) is 0. The van der Waals surface area contributed by atoms with E-state index in [1.807, 2.05) is 0 Å². The molecule has 1 rings (SSSR count). The number of rotatable bonds is 2. The van der Waals surface area contributed by atoms with Crippen molar-refractivity contribution in [3.05, 3.63) is 29.1 Å². The van der Waals surface area contributed by atoms with Crippen LogP contribution in [0.4, 0.5) is 30.2 Å². The van der Waals surface area contributed by atoms with E-state index in [0.717, 1.165) is 6.92 Å². The monoisotopic (exact) mass is 262 g/mol. The third-order valence-corrected chi connectivity index (χ3v) is 4.08. The average molecular weight is 262 g/mol. The molecule has 0 unspecified atom stereocenters. The molecule has 0 aliphatic carbocycles. The molecule has 0 heterocycles. The molecule has 0 bridgehead atoms.